The van der Waals surface area contributed by atoms with Crippen LogP contribution in [0.25, 0.3) is 23.3 Å². The molecule has 3 rings (SSSR count). The first-order chi connectivity index (χ1) is 13.2. The molecule has 148 valence electrons. The van der Waals surface area contributed by atoms with Crippen molar-refractivity contribution < 1.29 is 17.9 Å². The fourth-order valence-electron chi connectivity index (χ4n) is 2.82. The maximum Gasteiger partial charge on any atom is 0.573 e. The summed E-state index contributed by atoms with van der Waals surface area (Å²) >= 11 is 0. The molecule has 2 heterocycles. The number of hydrogen-bond donors (Lipinski definition) is 1. The normalized spacial score (nSPS) is 12.2. The van der Waals surface area contributed by atoms with Crippen molar-refractivity contribution >= 4 is 23.3 Å². The highest BCUT2D eigenvalue weighted by Gasteiger charge is 2.31. The topological polar surface area (TPSA) is 81.9 Å². The van der Waals surface area contributed by atoms with E-state index in [1.54, 1.807) is 19.9 Å². The zero-order valence-corrected chi connectivity index (χ0v) is 15.1. The van der Waals surface area contributed by atoms with Crippen LogP contribution in [-0.4, -0.2) is 25.5 Å². The number of ether oxygens (including phenoxy) is 1. The van der Waals surface area contributed by atoms with Crippen molar-refractivity contribution in [3.8, 4) is 5.75 Å². The Morgan fingerprint density at radius 2 is 1.86 bits per heavy atom. The number of aryl methyl sites for hydroxylation is 1. The van der Waals surface area contributed by atoms with Crippen molar-refractivity contribution in [1.29, 1.82) is 0 Å². The highest BCUT2D eigenvalue weighted by Crippen LogP contribution is 2.24. The summed E-state index contributed by atoms with van der Waals surface area (Å²) in [6.07, 6.45) is -1.75. The number of aromatic amines is 1. The smallest absolute Gasteiger partial charge is 0.406 e. The lowest BCUT2D eigenvalue weighted by Crippen LogP contribution is -2.39. The van der Waals surface area contributed by atoms with Gasteiger partial charge in [-0.15, -0.1) is 13.2 Å². The van der Waals surface area contributed by atoms with Crippen LogP contribution in [0, 0.1) is 0 Å². The Hall–Kier alpha value is -3.30. The van der Waals surface area contributed by atoms with E-state index in [4.69, 9.17) is 0 Å². The van der Waals surface area contributed by atoms with Crippen LogP contribution in [-0.2, 0) is 13.1 Å². The minimum Gasteiger partial charge on any atom is -0.406 e. The SMILES string of the molecule is CCn1c(=O)c2[nH]c(/C=C/c3cccc(OC(F)(F)F)c3)nc2n(CC)c1=O. The number of H-pyrrole nitrogens is 1. The Kier molecular flexibility index (Phi) is 5.12. The molecule has 0 aliphatic rings. The fraction of sp³-hybridized carbons (Fsp3) is 0.278. The van der Waals surface area contributed by atoms with Gasteiger partial charge in [-0.1, -0.05) is 18.2 Å². The molecule has 0 aliphatic carbocycles. The maximum atomic E-state index is 12.4. The zero-order valence-electron chi connectivity index (χ0n) is 15.1. The molecule has 0 saturated heterocycles. The molecule has 10 heteroatoms. The summed E-state index contributed by atoms with van der Waals surface area (Å²) in [7, 11) is 0. The van der Waals surface area contributed by atoms with E-state index in [0.717, 1.165) is 4.57 Å². The number of aromatic nitrogens is 4. The third-order valence-corrected chi connectivity index (χ3v) is 4.04. The zero-order chi connectivity index (χ0) is 20.5. The molecule has 0 unspecified atom stereocenters. The molecule has 0 spiro atoms. The Labute approximate surface area is 156 Å². The lowest BCUT2D eigenvalue weighted by atomic mass is 10.2. The number of imidazole rings is 1. The predicted molar refractivity (Wildman–Crippen MR) is 98.0 cm³/mol. The van der Waals surface area contributed by atoms with Crippen molar-refractivity contribution in [3.05, 3.63) is 56.5 Å². The molecule has 3 aromatic rings. The quantitative estimate of drug-likeness (QED) is 0.721. The third-order valence-electron chi connectivity index (χ3n) is 4.04. The van der Waals surface area contributed by atoms with E-state index < -0.39 is 17.6 Å². The second-order valence-electron chi connectivity index (χ2n) is 5.85. The van der Waals surface area contributed by atoms with Gasteiger partial charge in [0.15, 0.2) is 5.65 Å². The molecule has 28 heavy (non-hydrogen) atoms. The van der Waals surface area contributed by atoms with E-state index in [9.17, 15) is 22.8 Å². The molecule has 0 bridgehead atoms. The summed E-state index contributed by atoms with van der Waals surface area (Å²) in [5, 5.41) is 0. The number of rotatable bonds is 5. The summed E-state index contributed by atoms with van der Waals surface area (Å²) in [4.78, 5) is 31.9. The number of hydrogen-bond acceptors (Lipinski definition) is 4. The summed E-state index contributed by atoms with van der Waals surface area (Å²) in [6, 6.07) is 5.43. The van der Waals surface area contributed by atoms with Gasteiger partial charge in [0.05, 0.1) is 0 Å². The fourth-order valence-corrected chi connectivity index (χ4v) is 2.82. The molecule has 0 amide bonds. The molecular weight excluding hydrogens is 377 g/mol. The van der Waals surface area contributed by atoms with Gasteiger partial charge in [0, 0.05) is 13.1 Å². The van der Waals surface area contributed by atoms with E-state index in [2.05, 4.69) is 14.7 Å². The first-order valence-corrected chi connectivity index (χ1v) is 8.50. The third kappa shape index (κ3) is 3.85. The van der Waals surface area contributed by atoms with E-state index in [1.807, 2.05) is 0 Å². The highest BCUT2D eigenvalue weighted by molar-refractivity contribution is 5.75. The average Bonchev–Trinajstić information content (AvgIpc) is 3.04. The summed E-state index contributed by atoms with van der Waals surface area (Å²) in [6.45, 7) is 4.02. The average molecular weight is 394 g/mol. The lowest BCUT2D eigenvalue weighted by Gasteiger charge is -2.08. The van der Waals surface area contributed by atoms with Gasteiger partial charge in [-0.25, -0.2) is 9.78 Å². The van der Waals surface area contributed by atoms with Crippen molar-refractivity contribution in [1.82, 2.24) is 19.1 Å². The van der Waals surface area contributed by atoms with Gasteiger partial charge in [0.25, 0.3) is 5.56 Å². The van der Waals surface area contributed by atoms with Crippen LogP contribution in [0.4, 0.5) is 13.2 Å². The van der Waals surface area contributed by atoms with Crippen LogP contribution in [0.15, 0.2) is 33.9 Å². The minimum absolute atomic E-state index is 0.192. The van der Waals surface area contributed by atoms with E-state index in [-0.39, 0.29) is 23.5 Å². The molecule has 7 nitrogen and oxygen atoms in total. The predicted octanol–water partition coefficient (Wildman–Crippen LogP) is 3.00. The van der Waals surface area contributed by atoms with Crippen molar-refractivity contribution in [3.63, 3.8) is 0 Å². The second-order valence-corrected chi connectivity index (χ2v) is 5.85. The Morgan fingerprint density at radius 3 is 2.50 bits per heavy atom. The van der Waals surface area contributed by atoms with Gasteiger partial charge in [0.2, 0.25) is 0 Å². The highest BCUT2D eigenvalue weighted by atomic mass is 19.4. The lowest BCUT2D eigenvalue weighted by molar-refractivity contribution is -0.274. The molecule has 0 aliphatic heterocycles. The Morgan fingerprint density at radius 1 is 1.14 bits per heavy atom. The van der Waals surface area contributed by atoms with Crippen LogP contribution in [0.2, 0.25) is 0 Å². The van der Waals surface area contributed by atoms with Crippen LogP contribution < -0.4 is 16.0 Å². The number of fused-ring (bicyclic) bond motifs is 1. The minimum atomic E-state index is -4.77. The molecule has 2 aromatic heterocycles. The number of benzene rings is 1. The number of nitrogens with one attached hydrogen (secondary N) is 1. The Balaban J connectivity index is 2.00. The van der Waals surface area contributed by atoms with Gasteiger partial charge in [0.1, 0.15) is 17.1 Å². The second kappa shape index (κ2) is 7.37. The first-order valence-electron chi connectivity index (χ1n) is 8.50. The molecule has 0 radical (unpaired) electrons. The molecule has 0 fully saturated rings. The van der Waals surface area contributed by atoms with E-state index >= 15 is 0 Å². The van der Waals surface area contributed by atoms with Crippen molar-refractivity contribution in [2.24, 2.45) is 0 Å². The van der Waals surface area contributed by atoms with Crippen LogP contribution in [0.5, 0.6) is 5.75 Å². The molecular formula is C18H17F3N4O3. The van der Waals surface area contributed by atoms with Crippen LogP contribution in [0.3, 0.4) is 0 Å². The number of alkyl halides is 3. The summed E-state index contributed by atoms with van der Waals surface area (Å²) in [5.41, 5.74) is -0.0457. The van der Waals surface area contributed by atoms with Crippen LogP contribution >= 0.6 is 0 Å². The largest absolute Gasteiger partial charge is 0.573 e. The van der Waals surface area contributed by atoms with Gasteiger partial charge in [-0.05, 0) is 37.6 Å². The van der Waals surface area contributed by atoms with Gasteiger partial charge < -0.3 is 9.72 Å². The Bertz CT molecular complexity index is 1160. The number of halogens is 3. The molecule has 0 atom stereocenters. The van der Waals surface area contributed by atoms with Gasteiger partial charge >= 0.3 is 12.1 Å². The van der Waals surface area contributed by atoms with Crippen LogP contribution in [0.1, 0.15) is 25.2 Å². The summed E-state index contributed by atoms with van der Waals surface area (Å²) in [5.74, 6) is -0.0467. The molecule has 0 saturated carbocycles. The van der Waals surface area contributed by atoms with Gasteiger partial charge in [-0.2, -0.15) is 0 Å². The monoisotopic (exact) mass is 394 g/mol. The molecule has 1 aromatic carbocycles. The summed E-state index contributed by atoms with van der Waals surface area (Å²) < 4.78 is 43.4. The van der Waals surface area contributed by atoms with Gasteiger partial charge in [-0.3, -0.25) is 13.9 Å². The van der Waals surface area contributed by atoms with Crippen molar-refractivity contribution in [2.75, 3.05) is 0 Å². The maximum absolute atomic E-state index is 12.4. The standard InChI is InChI=1S/C18H17F3N4O3/c1-3-24-15-14(16(26)25(4-2)17(24)27)22-13(23-15)9-8-11-6-5-7-12(10-11)28-18(19,20)21/h5-10H,3-4H2,1-2H3,(H,22,23)/b9-8+. The first kappa shape index (κ1) is 19.5. The number of nitrogens with zero attached hydrogens (tertiary/aromatic N) is 3. The van der Waals surface area contributed by atoms with E-state index in [0.29, 0.717) is 17.9 Å². The van der Waals surface area contributed by atoms with Crippen molar-refractivity contribution in [2.45, 2.75) is 33.3 Å². The van der Waals surface area contributed by atoms with E-state index in [1.165, 1.54) is 34.9 Å². The molecule has 1 N–H and O–H groups in total.